The van der Waals surface area contributed by atoms with Crippen LogP contribution in [0.2, 0.25) is 0 Å². The van der Waals surface area contributed by atoms with Gasteiger partial charge in [0.05, 0.1) is 16.6 Å². The van der Waals surface area contributed by atoms with E-state index in [4.69, 9.17) is 9.97 Å². The molecule has 0 N–H and O–H groups in total. The maximum Gasteiger partial charge on any atom is 0.188 e. The molecule has 0 amide bonds. The van der Waals surface area contributed by atoms with Gasteiger partial charge in [-0.25, -0.2) is 4.98 Å². The largest absolute Gasteiger partial charge is 0.307 e. The van der Waals surface area contributed by atoms with Crippen molar-refractivity contribution in [2.75, 3.05) is 0 Å². The van der Waals surface area contributed by atoms with Crippen LogP contribution in [0, 0.1) is 0 Å². The number of imidazole rings is 1. The van der Waals surface area contributed by atoms with Crippen molar-refractivity contribution in [3.63, 3.8) is 0 Å². The lowest BCUT2D eigenvalue weighted by molar-refractivity contribution is 0.592. The molecule has 0 aliphatic carbocycles. The van der Waals surface area contributed by atoms with Crippen molar-refractivity contribution in [1.82, 2.24) is 24.3 Å². The molecule has 0 bridgehead atoms. The van der Waals surface area contributed by atoms with Crippen LogP contribution in [-0.2, 0) is 11.0 Å². The second kappa shape index (κ2) is 12.8. The molecule has 11 aromatic rings. The fourth-order valence-electron chi connectivity index (χ4n) is 8.36. The molecular weight excluding hydrogens is 706 g/mol. The molecule has 11 rings (SSSR count). The van der Waals surface area contributed by atoms with Gasteiger partial charge in [0.2, 0.25) is 0 Å². The molecule has 0 aliphatic heterocycles. The van der Waals surface area contributed by atoms with Gasteiger partial charge >= 0.3 is 0 Å². The number of fused-ring (bicyclic) bond motifs is 11. The summed E-state index contributed by atoms with van der Waals surface area (Å²) < 4.78 is 17.2. The van der Waals surface area contributed by atoms with Crippen LogP contribution in [-0.4, -0.2) is 24.3 Å². The first-order valence-corrected chi connectivity index (χ1v) is 20.4. The van der Waals surface area contributed by atoms with Crippen LogP contribution in [0.5, 0.6) is 0 Å². The summed E-state index contributed by atoms with van der Waals surface area (Å²) in [7, 11) is -3.24. The predicted octanol–water partition coefficient (Wildman–Crippen LogP) is 10.2. The van der Waals surface area contributed by atoms with Crippen molar-refractivity contribution < 1.29 is 4.57 Å². The molecule has 0 radical (unpaired) electrons. The molecule has 0 aliphatic rings. The van der Waals surface area contributed by atoms with E-state index in [-0.39, 0.29) is 0 Å². The van der Waals surface area contributed by atoms with Crippen molar-refractivity contribution >= 4 is 83.1 Å². The molecule has 0 saturated heterocycles. The van der Waals surface area contributed by atoms with Crippen LogP contribution in [0.1, 0.15) is 11.1 Å². The summed E-state index contributed by atoms with van der Waals surface area (Å²) in [6.07, 6.45) is 9.35. The lowest BCUT2D eigenvalue weighted by atomic mass is 9.98. The van der Waals surface area contributed by atoms with Crippen LogP contribution in [0.15, 0.2) is 183 Å². The molecule has 7 heteroatoms. The average Bonchev–Trinajstić information content (AvgIpc) is 3.65. The highest BCUT2D eigenvalue weighted by molar-refractivity contribution is 7.85. The quantitative estimate of drug-likeness (QED) is 0.126. The highest BCUT2D eigenvalue weighted by atomic mass is 31.2. The zero-order valence-corrected chi connectivity index (χ0v) is 31.0. The van der Waals surface area contributed by atoms with Gasteiger partial charge in [-0.15, -0.1) is 0 Å². The van der Waals surface area contributed by atoms with Gasteiger partial charge in [-0.3, -0.25) is 19.4 Å². The zero-order valence-electron chi connectivity index (χ0n) is 30.1. The van der Waals surface area contributed by atoms with Gasteiger partial charge in [0, 0.05) is 63.3 Å². The van der Waals surface area contributed by atoms with Crippen molar-refractivity contribution in [3.8, 4) is 11.1 Å². The Hall–Kier alpha value is -7.01. The normalized spacial score (nSPS) is 12.1. The maximum atomic E-state index is 14.9. The van der Waals surface area contributed by atoms with E-state index < -0.39 is 7.14 Å². The molecule has 0 atom stereocenters. The minimum absolute atomic E-state index is 0.520. The van der Waals surface area contributed by atoms with Crippen LogP contribution in [0.3, 0.4) is 0 Å². The molecule has 264 valence electrons. The maximum absolute atomic E-state index is 14.9. The Balaban J connectivity index is 1.03. The Morgan fingerprint density at radius 3 is 1.95 bits per heavy atom. The zero-order chi connectivity index (χ0) is 37.2. The first kappa shape index (κ1) is 32.4. The summed E-state index contributed by atoms with van der Waals surface area (Å²) in [5.41, 5.74) is 9.17. The first-order valence-electron chi connectivity index (χ1n) is 18.7. The van der Waals surface area contributed by atoms with Crippen molar-refractivity contribution in [2.24, 2.45) is 0 Å². The summed E-state index contributed by atoms with van der Waals surface area (Å²) in [5.74, 6) is 0. The third kappa shape index (κ3) is 5.14. The number of nitrogens with zero attached hydrogens (tertiary/aromatic N) is 5. The van der Waals surface area contributed by atoms with E-state index in [9.17, 15) is 4.57 Å². The smallest absolute Gasteiger partial charge is 0.188 e. The van der Waals surface area contributed by atoms with Gasteiger partial charge in [0.1, 0.15) is 11.1 Å². The van der Waals surface area contributed by atoms with E-state index in [2.05, 4.69) is 130 Å². The highest BCUT2D eigenvalue weighted by Gasteiger charge is 2.31. The Bertz CT molecular complexity index is 3320. The summed E-state index contributed by atoms with van der Waals surface area (Å²) in [5, 5.41) is 9.63. The lowest BCUT2D eigenvalue weighted by Crippen LogP contribution is -2.27. The second-order valence-electron chi connectivity index (χ2n) is 14.3. The Morgan fingerprint density at radius 2 is 1.18 bits per heavy atom. The molecular formula is C49H32N5OP. The van der Waals surface area contributed by atoms with Gasteiger partial charge in [-0.1, -0.05) is 103 Å². The molecule has 6 nitrogen and oxygen atoms in total. The van der Waals surface area contributed by atoms with Gasteiger partial charge in [0.25, 0.3) is 0 Å². The van der Waals surface area contributed by atoms with E-state index in [0.717, 1.165) is 55.9 Å². The molecule has 0 fully saturated rings. The third-order valence-electron chi connectivity index (χ3n) is 11.1. The average molecular weight is 738 g/mol. The summed E-state index contributed by atoms with van der Waals surface area (Å²) in [6, 6.07) is 52.7. The number of aromatic nitrogens is 5. The number of benzene rings is 6. The Morgan fingerprint density at radius 1 is 0.518 bits per heavy atom. The number of rotatable bonds is 6. The van der Waals surface area contributed by atoms with E-state index in [1.807, 2.05) is 18.3 Å². The summed E-state index contributed by atoms with van der Waals surface area (Å²) >= 11 is 0. The van der Waals surface area contributed by atoms with Gasteiger partial charge in [-0.05, 0) is 93.2 Å². The molecule has 56 heavy (non-hydrogen) atoms. The fourth-order valence-corrected chi connectivity index (χ4v) is 10.8. The topological polar surface area (TPSA) is 73.0 Å². The van der Waals surface area contributed by atoms with E-state index in [1.165, 1.54) is 32.7 Å². The van der Waals surface area contributed by atoms with Gasteiger partial charge < -0.3 is 4.57 Å². The number of hydrogen-bond acceptors (Lipinski definition) is 5. The fraction of sp³-hybridized carbons (Fsp3) is 0.0204. The molecule has 5 aromatic heterocycles. The molecule has 0 saturated carbocycles. The van der Waals surface area contributed by atoms with E-state index in [0.29, 0.717) is 16.0 Å². The monoisotopic (exact) mass is 737 g/mol. The summed E-state index contributed by atoms with van der Waals surface area (Å²) in [6.45, 7) is 0. The minimum atomic E-state index is -3.24. The summed E-state index contributed by atoms with van der Waals surface area (Å²) in [4.78, 5) is 18.5. The number of hydrogen-bond donors (Lipinski definition) is 0. The van der Waals surface area contributed by atoms with Crippen molar-refractivity contribution in [2.45, 2.75) is 6.42 Å². The van der Waals surface area contributed by atoms with Crippen molar-refractivity contribution in [3.05, 3.63) is 194 Å². The Labute approximate surface area is 322 Å². The van der Waals surface area contributed by atoms with Crippen LogP contribution in [0.4, 0.5) is 0 Å². The first-order chi connectivity index (χ1) is 27.6. The molecule has 0 spiro atoms. The highest BCUT2D eigenvalue weighted by Crippen LogP contribution is 2.42. The van der Waals surface area contributed by atoms with Crippen LogP contribution >= 0.6 is 7.14 Å². The third-order valence-corrected chi connectivity index (χ3v) is 14.0. The van der Waals surface area contributed by atoms with E-state index in [1.54, 1.807) is 49.1 Å². The number of pyridine rings is 4. The molecule has 6 aromatic carbocycles. The van der Waals surface area contributed by atoms with Crippen molar-refractivity contribution in [1.29, 1.82) is 0 Å². The second-order valence-corrected chi connectivity index (χ2v) is 17.0. The van der Waals surface area contributed by atoms with E-state index >= 15 is 0 Å². The van der Waals surface area contributed by atoms with Gasteiger partial charge in [0.15, 0.2) is 7.14 Å². The standard InChI is InChI=1S/C49H32N5OP/c55-56(39-19-23-50-24-20-39,40-21-25-51-26-22-40)47-18-14-38(31-52-47)36-12-15-41-37(30-36)13-16-43-42-7-3-4-8-44(42)49-53-45-29-33(10-17-46(45)54(49)48(41)43)27-32-9-11-34-5-1-2-6-35(34)28-32/h1-26,28-31H,27H2. The molecule has 0 unspecified atom stereocenters. The van der Waals surface area contributed by atoms with Crippen LogP contribution in [0.25, 0.3) is 71.0 Å². The minimum Gasteiger partial charge on any atom is -0.307 e. The lowest BCUT2D eigenvalue weighted by Gasteiger charge is -2.19. The van der Waals surface area contributed by atoms with Gasteiger partial charge in [-0.2, -0.15) is 0 Å². The Kier molecular flexibility index (Phi) is 7.41. The molecule has 5 heterocycles. The SMILES string of the molecule is O=P(c1ccncc1)(c1ccncc1)c1ccc(-c2ccc3c(ccc4c5ccccc5c5nc6cc(Cc7ccc8ccccc8c7)ccc6n5c34)c2)cn1. The van der Waals surface area contributed by atoms with Crippen LogP contribution < -0.4 is 16.0 Å². The predicted molar refractivity (Wildman–Crippen MR) is 230 cm³/mol.